The lowest BCUT2D eigenvalue weighted by molar-refractivity contribution is -0.0543. The summed E-state index contributed by atoms with van der Waals surface area (Å²) in [5, 5.41) is 20.0. The number of hydrogen-bond donors (Lipinski definition) is 7. The number of halogens is 1. The van der Waals surface area contributed by atoms with E-state index >= 15 is 0 Å². The fraction of sp³-hybridized carbons (Fsp3) is 0.556. The van der Waals surface area contributed by atoms with E-state index in [1.165, 1.54) is 0 Å². The second-order valence-corrected chi connectivity index (χ2v) is 10.9. The predicted molar refractivity (Wildman–Crippen MR) is 94.8 cm³/mol. The Balaban J connectivity index is 2.09. The quantitative estimate of drug-likeness (QED) is 0.173. The second kappa shape index (κ2) is 9.13. The highest BCUT2D eigenvalue weighted by atomic mass is 79.9. The van der Waals surface area contributed by atoms with E-state index in [-0.39, 0.29) is 4.47 Å². The van der Waals surface area contributed by atoms with Gasteiger partial charge in [0.1, 0.15) is 18.3 Å². The number of hydrogen-bond acceptors (Lipinski definition) is 11. The lowest BCUT2D eigenvalue weighted by Crippen LogP contribution is -2.38. The van der Waals surface area contributed by atoms with Gasteiger partial charge in [-0.25, -0.2) is 18.5 Å². The fourth-order valence-corrected chi connectivity index (χ4v) is 5.57. The van der Waals surface area contributed by atoms with Crippen LogP contribution in [0.15, 0.2) is 20.3 Å². The number of nitrogens with zero attached hydrogens (tertiary/aromatic N) is 1. The molecule has 17 nitrogen and oxygen atoms in total. The first-order valence-electron chi connectivity index (χ1n) is 7.32. The highest BCUT2D eigenvalue weighted by Crippen LogP contribution is 2.66. The average Bonchev–Trinajstić information content (AvgIpc) is 2.81. The Morgan fingerprint density at radius 3 is 2.23 bits per heavy atom. The zero-order chi connectivity index (χ0) is 23.1. The maximum Gasteiger partial charge on any atom is 0.490 e. The van der Waals surface area contributed by atoms with Crippen molar-refractivity contribution < 1.29 is 61.4 Å². The molecular formula is C9H14BrN2O15P3. The van der Waals surface area contributed by atoms with E-state index in [4.69, 9.17) is 19.4 Å². The summed E-state index contributed by atoms with van der Waals surface area (Å²) in [6.07, 6.45) is -5.80. The summed E-state index contributed by atoms with van der Waals surface area (Å²) in [5.41, 5.74) is -1.80. The van der Waals surface area contributed by atoms with Crippen molar-refractivity contribution >= 4 is 39.4 Å². The topological polar surface area (TPSA) is 264 Å². The largest absolute Gasteiger partial charge is 0.490 e. The van der Waals surface area contributed by atoms with Crippen molar-refractivity contribution in [1.82, 2.24) is 9.55 Å². The van der Waals surface area contributed by atoms with Crippen molar-refractivity contribution in [3.05, 3.63) is 31.5 Å². The number of phosphoric acid groups is 3. The molecule has 2 heterocycles. The van der Waals surface area contributed by atoms with E-state index in [1.807, 2.05) is 4.98 Å². The summed E-state index contributed by atoms with van der Waals surface area (Å²) in [4.78, 5) is 60.5. The van der Waals surface area contributed by atoms with Crippen molar-refractivity contribution in [1.29, 1.82) is 0 Å². The van der Waals surface area contributed by atoms with Gasteiger partial charge in [0, 0.05) is 6.20 Å². The molecule has 1 aromatic heterocycles. The van der Waals surface area contributed by atoms with Crippen molar-refractivity contribution in [2.24, 2.45) is 0 Å². The Labute approximate surface area is 173 Å². The Kier molecular flexibility index (Phi) is 7.83. The highest BCUT2D eigenvalue weighted by Gasteiger charge is 2.46. The molecule has 0 aliphatic carbocycles. The molecule has 1 fully saturated rings. The number of aromatic amines is 1. The lowest BCUT2D eigenvalue weighted by Gasteiger charge is -2.19. The fourth-order valence-electron chi connectivity index (χ4n) is 2.22. The minimum absolute atomic E-state index is 0.121. The molecule has 0 bridgehead atoms. The van der Waals surface area contributed by atoms with Crippen LogP contribution in [0.2, 0.25) is 0 Å². The average molecular weight is 563 g/mol. The van der Waals surface area contributed by atoms with E-state index < -0.39 is 65.9 Å². The van der Waals surface area contributed by atoms with Crippen molar-refractivity contribution in [2.75, 3.05) is 6.61 Å². The summed E-state index contributed by atoms with van der Waals surface area (Å²) < 4.78 is 50.6. The van der Waals surface area contributed by atoms with Crippen LogP contribution in [0.3, 0.4) is 0 Å². The molecule has 6 atom stereocenters. The first kappa shape index (κ1) is 25.7. The van der Waals surface area contributed by atoms with Gasteiger partial charge in [0.25, 0.3) is 5.56 Å². The van der Waals surface area contributed by atoms with Crippen molar-refractivity contribution in [3.63, 3.8) is 0 Å². The number of H-pyrrole nitrogens is 1. The molecule has 1 aliphatic heterocycles. The predicted octanol–water partition coefficient (Wildman–Crippen LogP) is -1.74. The van der Waals surface area contributed by atoms with E-state index in [2.05, 4.69) is 29.1 Å². The summed E-state index contributed by atoms with van der Waals surface area (Å²) in [7, 11) is -16.8. The molecule has 1 saturated heterocycles. The van der Waals surface area contributed by atoms with Gasteiger partial charge in [0.2, 0.25) is 0 Å². The zero-order valence-electron chi connectivity index (χ0n) is 14.1. The molecular weight excluding hydrogens is 549 g/mol. The van der Waals surface area contributed by atoms with Crippen LogP contribution in [0.5, 0.6) is 0 Å². The van der Waals surface area contributed by atoms with E-state index in [9.17, 15) is 38.4 Å². The Morgan fingerprint density at radius 1 is 1.07 bits per heavy atom. The minimum atomic E-state index is -5.74. The molecule has 172 valence electrons. The Bertz CT molecular complexity index is 1050. The molecule has 3 unspecified atom stereocenters. The number of aliphatic hydroxyl groups excluding tert-OH is 2. The minimum Gasteiger partial charge on any atom is -0.387 e. The standard InChI is InChI=1S/C9H14BrN2O15P3/c10-3-1-12(9(16)11-7(3)15)8-6(14)5(13)4(25-8)2-24-29(20,21)27-30(22,23)26-28(17,18)19/h1,4-6,8,13-14H,2H2,(H,20,21)(H,22,23)(H,11,15,16)(H2,17,18,19)/t4-,5?,6+,8-/m1/s1. The van der Waals surface area contributed by atoms with Gasteiger partial charge in [0.15, 0.2) is 6.23 Å². The summed E-state index contributed by atoms with van der Waals surface area (Å²) in [5.74, 6) is 0. The van der Waals surface area contributed by atoms with E-state index in [0.717, 1.165) is 6.20 Å². The van der Waals surface area contributed by atoms with Gasteiger partial charge in [0.05, 0.1) is 11.1 Å². The molecule has 7 N–H and O–H groups in total. The number of nitrogens with one attached hydrogen (secondary N) is 1. The molecule has 0 radical (unpaired) electrons. The van der Waals surface area contributed by atoms with Crippen LogP contribution in [-0.4, -0.2) is 64.3 Å². The Hall–Kier alpha value is -0.550. The van der Waals surface area contributed by atoms with Crippen molar-refractivity contribution in [3.8, 4) is 0 Å². The van der Waals surface area contributed by atoms with Gasteiger partial charge < -0.3 is 34.5 Å². The van der Waals surface area contributed by atoms with Crippen LogP contribution >= 0.6 is 39.4 Å². The van der Waals surface area contributed by atoms with Gasteiger partial charge in [-0.3, -0.25) is 18.9 Å². The highest BCUT2D eigenvalue weighted by molar-refractivity contribution is 9.10. The zero-order valence-corrected chi connectivity index (χ0v) is 18.4. The first-order chi connectivity index (χ1) is 13.5. The third-order valence-corrected chi connectivity index (χ3v) is 7.72. The molecule has 0 saturated carbocycles. The number of aromatic nitrogens is 2. The van der Waals surface area contributed by atoms with E-state index in [0.29, 0.717) is 4.57 Å². The van der Waals surface area contributed by atoms with Gasteiger partial charge in [-0.15, -0.1) is 0 Å². The molecule has 1 aromatic rings. The smallest absolute Gasteiger partial charge is 0.387 e. The normalized spacial score (nSPS) is 28.8. The van der Waals surface area contributed by atoms with Crippen LogP contribution in [0.1, 0.15) is 6.23 Å². The number of ether oxygens (including phenoxy) is 1. The van der Waals surface area contributed by atoms with Crippen LogP contribution in [0.25, 0.3) is 0 Å². The van der Waals surface area contributed by atoms with Gasteiger partial charge in [-0.2, -0.15) is 8.62 Å². The molecule has 30 heavy (non-hydrogen) atoms. The van der Waals surface area contributed by atoms with Crippen LogP contribution in [0, 0.1) is 0 Å². The number of rotatable bonds is 8. The molecule has 0 aromatic carbocycles. The molecule has 0 amide bonds. The van der Waals surface area contributed by atoms with Crippen molar-refractivity contribution in [2.45, 2.75) is 24.5 Å². The molecule has 0 spiro atoms. The van der Waals surface area contributed by atoms with Crippen LogP contribution < -0.4 is 11.2 Å². The van der Waals surface area contributed by atoms with E-state index in [1.54, 1.807) is 0 Å². The van der Waals surface area contributed by atoms with Gasteiger partial charge in [-0.05, 0) is 15.9 Å². The molecule has 1 aliphatic rings. The third kappa shape index (κ3) is 6.72. The number of phosphoric ester groups is 1. The maximum atomic E-state index is 11.9. The third-order valence-electron chi connectivity index (χ3n) is 3.35. The van der Waals surface area contributed by atoms with Crippen LogP contribution in [-0.2, 0) is 31.6 Å². The second-order valence-electron chi connectivity index (χ2n) is 5.58. The SMILES string of the molecule is O=c1[nH]c(=O)n([C@@H]2O[C@H](COP(=O)(O)OP(=O)(O)OP(=O)(O)O)C(O)[C@@H]2O)cc1Br. The summed E-state index contributed by atoms with van der Waals surface area (Å²) in [6, 6.07) is 0. The maximum absolute atomic E-state index is 11.9. The van der Waals surface area contributed by atoms with Gasteiger partial charge in [-0.1, -0.05) is 0 Å². The number of aliphatic hydroxyl groups is 2. The lowest BCUT2D eigenvalue weighted by atomic mass is 10.1. The monoisotopic (exact) mass is 562 g/mol. The summed E-state index contributed by atoms with van der Waals surface area (Å²) in [6.45, 7) is -1.06. The first-order valence-corrected chi connectivity index (χ1v) is 12.6. The molecule has 2 rings (SSSR count). The van der Waals surface area contributed by atoms with Gasteiger partial charge >= 0.3 is 29.2 Å². The van der Waals surface area contributed by atoms with Crippen LogP contribution in [0.4, 0.5) is 0 Å². The Morgan fingerprint density at radius 2 is 1.67 bits per heavy atom. The summed E-state index contributed by atoms with van der Waals surface area (Å²) >= 11 is 2.85. The molecule has 21 heteroatoms.